The number of sulfonamides is 1. The van der Waals surface area contributed by atoms with Crippen molar-refractivity contribution >= 4 is 32.6 Å². The molecule has 0 saturated carbocycles. The maximum atomic E-state index is 13.8. The first kappa shape index (κ1) is 25.8. The van der Waals surface area contributed by atoms with E-state index < -0.39 is 40.2 Å². The Morgan fingerprint density at radius 1 is 1.21 bits per heavy atom. The molecule has 3 atom stereocenters. The van der Waals surface area contributed by atoms with Gasteiger partial charge in [0.15, 0.2) is 0 Å². The molecule has 0 aliphatic carbocycles. The van der Waals surface area contributed by atoms with E-state index in [-0.39, 0.29) is 13.0 Å². The van der Waals surface area contributed by atoms with Gasteiger partial charge in [-0.15, -0.1) is 4.31 Å². The molecule has 0 radical (unpaired) electrons. The largest absolute Gasteiger partial charge is 0.462 e. The van der Waals surface area contributed by atoms with Gasteiger partial charge in [-0.1, -0.05) is 12.1 Å². The standard InChI is InChI=1S/C22H26F2IN3O4S/c1-27(33(2,30)31)22-28(6-7-32-22)20(11-16-8-17(23)12-18(24)9-16)21(29)14-26-13-15-4-3-5-19(25)10-15/h3-10,12,20-22,26,29H,11,13-14H2,1-2H3/t20-,21+,22?/m0/s1. The summed E-state index contributed by atoms with van der Waals surface area (Å²) in [7, 11) is -2.25. The van der Waals surface area contributed by atoms with Crippen LogP contribution in [0.4, 0.5) is 8.78 Å². The van der Waals surface area contributed by atoms with Crippen molar-refractivity contribution in [2.45, 2.75) is 31.5 Å². The molecule has 0 aromatic heterocycles. The Labute approximate surface area is 206 Å². The quantitative estimate of drug-likeness (QED) is 0.413. The van der Waals surface area contributed by atoms with Crippen LogP contribution in [-0.2, 0) is 27.7 Å². The summed E-state index contributed by atoms with van der Waals surface area (Å²) >= 11 is 2.22. The minimum absolute atomic E-state index is 0.0581. The van der Waals surface area contributed by atoms with Gasteiger partial charge in [-0.3, -0.25) is 0 Å². The first-order valence-electron chi connectivity index (χ1n) is 10.2. The van der Waals surface area contributed by atoms with E-state index in [2.05, 4.69) is 27.9 Å². The molecule has 1 heterocycles. The van der Waals surface area contributed by atoms with E-state index in [4.69, 9.17) is 4.74 Å². The van der Waals surface area contributed by atoms with Crippen molar-refractivity contribution in [1.82, 2.24) is 14.5 Å². The highest BCUT2D eigenvalue weighted by Gasteiger charge is 2.38. The zero-order valence-corrected chi connectivity index (χ0v) is 21.1. The predicted molar refractivity (Wildman–Crippen MR) is 129 cm³/mol. The van der Waals surface area contributed by atoms with Crippen LogP contribution in [0, 0.1) is 15.2 Å². The van der Waals surface area contributed by atoms with E-state index in [1.54, 1.807) is 4.90 Å². The second kappa shape index (κ2) is 11.1. The maximum Gasteiger partial charge on any atom is 0.244 e. The molecule has 2 N–H and O–H groups in total. The van der Waals surface area contributed by atoms with Crippen LogP contribution >= 0.6 is 22.6 Å². The van der Waals surface area contributed by atoms with Crippen molar-refractivity contribution in [3.8, 4) is 0 Å². The molecular weight excluding hydrogens is 567 g/mol. The number of hydrogen-bond donors (Lipinski definition) is 2. The normalized spacial score (nSPS) is 17.9. The molecular formula is C22H26F2IN3O4S. The van der Waals surface area contributed by atoms with Crippen LogP contribution in [0.1, 0.15) is 11.1 Å². The summed E-state index contributed by atoms with van der Waals surface area (Å²) in [6.45, 7) is 0.668. The van der Waals surface area contributed by atoms with Gasteiger partial charge >= 0.3 is 0 Å². The Morgan fingerprint density at radius 3 is 2.55 bits per heavy atom. The number of ether oxygens (including phenoxy) is 1. The van der Waals surface area contributed by atoms with Crippen LogP contribution in [0.25, 0.3) is 0 Å². The Hall–Kier alpha value is -1.80. The number of benzene rings is 2. The number of nitrogens with zero attached hydrogens (tertiary/aromatic N) is 2. The van der Waals surface area contributed by atoms with E-state index in [9.17, 15) is 22.3 Å². The maximum absolute atomic E-state index is 13.8. The molecule has 180 valence electrons. The van der Waals surface area contributed by atoms with Crippen LogP contribution < -0.4 is 5.32 Å². The van der Waals surface area contributed by atoms with E-state index in [0.717, 1.165) is 25.8 Å². The Morgan fingerprint density at radius 2 is 1.91 bits per heavy atom. The van der Waals surface area contributed by atoms with E-state index >= 15 is 0 Å². The molecule has 0 saturated heterocycles. The molecule has 11 heteroatoms. The first-order valence-corrected chi connectivity index (χ1v) is 13.1. The molecule has 33 heavy (non-hydrogen) atoms. The van der Waals surface area contributed by atoms with Gasteiger partial charge in [-0.2, -0.15) is 0 Å². The second-order valence-electron chi connectivity index (χ2n) is 7.85. The van der Waals surface area contributed by atoms with Crippen molar-refractivity contribution in [3.63, 3.8) is 0 Å². The fraction of sp³-hybridized carbons (Fsp3) is 0.364. The zero-order valence-electron chi connectivity index (χ0n) is 18.2. The van der Waals surface area contributed by atoms with E-state index in [1.165, 1.54) is 31.6 Å². The number of halogens is 3. The summed E-state index contributed by atoms with van der Waals surface area (Å²) in [5, 5.41) is 14.2. The third kappa shape index (κ3) is 7.09. The molecule has 0 spiro atoms. The fourth-order valence-corrected chi connectivity index (χ4v) is 4.68. The van der Waals surface area contributed by atoms with Crippen molar-refractivity contribution in [3.05, 3.63) is 81.3 Å². The van der Waals surface area contributed by atoms with Gasteiger partial charge in [0, 0.05) is 36.0 Å². The zero-order chi connectivity index (χ0) is 24.2. The van der Waals surface area contributed by atoms with Crippen LogP contribution in [0.15, 0.2) is 54.9 Å². The lowest BCUT2D eigenvalue weighted by atomic mass is 9.99. The summed E-state index contributed by atoms with van der Waals surface area (Å²) in [6, 6.07) is 10.3. The number of nitrogens with one attached hydrogen (secondary N) is 1. The van der Waals surface area contributed by atoms with E-state index in [0.29, 0.717) is 12.1 Å². The van der Waals surface area contributed by atoms with Gasteiger partial charge < -0.3 is 20.1 Å². The van der Waals surface area contributed by atoms with Crippen molar-refractivity contribution < 1.29 is 27.0 Å². The lowest BCUT2D eigenvalue weighted by Gasteiger charge is -2.38. The molecule has 1 aliphatic rings. The third-order valence-corrected chi connectivity index (χ3v) is 7.19. The molecule has 0 bridgehead atoms. The van der Waals surface area contributed by atoms with Gasteiger partial charge in [0.25, 0.3) is 0 Å². The molecule has 2 aromatic carbocycles. The van der Waals surface area contributed by atoms with Crippen LogP contribution in [0.3, 0.4) is 0 Å². The summed E-state index contributed by atoms with van der Waals surface area (Å²) in [5.74, 6) is -1.46. The molecule has 7 nitrogen and oxygen atoms in total. The van der Waals surface area contributed by atoms with E-state index in [1.807, 2.05) is 24.3 Å². The highest BCUT2D eigenvalue weighted by Crippen LogP contribution is 2.25. The molecule has 2 aromatic rings. The Bertz CT molecular complexity index is 1080. The highest BCUT2D eigenvalue weighted by atomic mass is 127. The fourth-order valence-electron chi connectivity index (χ4n) is 3.59. The molecule has 1 unspecified atom stereocenters. The second-order valence-corrected chi connectivity index (χ2v) is 11.1. The number of aliphatic hydroxyl groups excluding tert-OH is 1. The average Bonchev–Trinajstić information content (AvgIpc) is 3.19. The molecule has 0 amide bonds. The Balaban J connectivity index is 1.80. The minimum atomic E-state index is -3.61. The number of hydrogen-bond acceptors (Lipinski definition) is 6. The average molecular weight is 593 g/mol. The summed E-state index contributed by atoms with van der Waals surface area (Å²) in [6.07, 6.45) is 1.91. The van der Waals surface area contributed by atoms with Gasteiger partial charge in [-0.25, -0.2) is 17.2 Å². The topological polar surface area (TPSA) is 82.1 Å². The summed E-state index contributed by atoms with van der Waals surface area (Å²) in [4.78, 5) is 1.54. The molecule has 3 rings (SSSR count). The highest BCUT2D eigenvalue weighted by molar-refractivity contribution is 14.1. The predicted octanol–water partition coefficient (Wildman–Crippen LogP) is 2.61. The van der Waals surface area contributed by atoms with Crippen LogP contribution in [-0.4, -0.2) is 61.1 Å². The van der Waals surface area contributed by atoms with Crippen LogP contribution in [0.5, 0.6) is 0 Å². The third-order valence-electron chi connectivity index (χ3n) is 5.29. The van der Waals surface area contributed by atoms with Gasteiger partial charge in [0.05, 0.1) is 18.4 Å². The van der Waals surface area contributed by atoms with Crippen molar-refractivity contribution in [2.24, 2.45) is 0 Å². The summed E-state index contributed by atoms with van der Waals surface area (Å²) < 4.78 is 59.3. The smallest absolute Gasteiger partial charge is 0.244 e. The number of rotatable bonds is 10. The van der Waals surface area contributed by atoms with Crippen LogP contribution in [0.2, 0.25) is 0 Å². The van der Waals surface area contributed by atoms with Crippen molar-refractivity contribution in [2.75, 3.05) is 19.8 Å². The lowest BCUT2D eigenvalue weighted by molar-refractivity contribution is -0.0643. The minimum Gasteiger partial charge on any atom is -0.462 e. The van der Waals surface area contributed by atoms with Gasteiger partial charge in [0.2, 0.25) is 16.4 Å². The lowest BCUT2D eigenvalue weighted by Crippen LogP contribution is -2.54. The summed E-state index contributed by atoms with van der Waals surface area (Å²) in [5.41, 5.74) is 1.37. The van der Waals surface area contributed by atoms with Gasteiger partial charge in [0.1, 0.15) is 17.9 Å². The molecule has 1 aliphatic heterocycles. The molecule has 0 fully saturated rings. The first-order chi connectivity index (χ1) is 15.5. The monoisotopic (exact) mass is 593 g/mol. The van der Waals surface area contributed by atoms with Gasteiger partial charge in [-0.05, 0) is 64.4 Å². The Kier molecular flexibility index (Phi) is 8.67. The number of aliphatic hydroxyl groups is 1. The SMILES string of the molecule is CN(C1OC=CN1[C@@H](Cc1cc(F)cc(F)c1)[C@H](O)CNCc1cccc(I)c1)S(C)(=O)=O. The van der Waals surface area contributed by atoms with Crippen molar-refractivity contribution in [1.29, 1.82) is 0 Å².